The zero-order chi connectivity index (χ0) is 31.3. The zero-order valence-corrected chi connectivity index (χ0v) is 25.7. The van der Waals surface area contributed by atoms with Gasteiger partial charge in [-0.15, -0.1) is 0 Å². The summed E-state index contributed by atoms with van der Waals surface area (Å²) in [5.41, 5.74) is 12.2. The molecule has 3 nitrogen and oxygen atoms in total. The minimum absolute atomic E-state index is 0.240. The van der Waals surface area contributed by atoms with Gasteiger partial charge in [0.05, 0.1) is 0 Å². The predicted molar refractivity (Wildman–Crippen MR) is 193 cm³/mol. The minimum Gasteiger partial charge on any atom is -0.508 e. The molecule has 0 fully saturated rings. The number of para-hydroxylation sites is 2. The first-order chi connectivity index (χ1) is 22.6. The van der Waals surface area contributed by atoms with Crippen LogP contribution in [0.1, 0.15) is 5.56 Å². The van der Waals surface area contributed by atoms with E-state index in [9.17, 15) is 5.11 Å². The Bertz CT molecular complexity index is 1890. The molecule has 0 saturated carbocycles. The predicted octanol–water partition coefficient (Wildman–Crippen LogP) is 12.0. The van der Waals surface area contributed by atoms with Crippen LogP contribution in [0.5, 0.6) is 5.75 Å². The van der Waals surface area contributed by atoms with Crippen molar-refractivity contribution in [1.82, 2.24) is 0 Å². The molecular formula is C43H34N2O. The van der Waals surface area contributed by atoms with Gasteiger partial charge in [-0.05, 0) is 108 Å². The van der Waals surface area contributed by atoms with Gasteiger partial charge in [-0.25, -0.2) is 0 Å². The monoisotopic (exact) mass is 594 g/mol. The molecule has 0 aromatic heterocycles. The fraction of sp³-hybridized carbons (Fsp3) is 0.0233. The van der Waals surface area contributed by atoms with Gasteiger partial charge >= 0.3 is 0 Å². The Morgan fingerprint density at radius 2 is 0.674 bits per heavy atom. The van der Waals surface area contributed by atoms with Gasteiger partial charge in [0.25, 0.3) is 0 Å². The van der Waals surface area contributed by atoms with Crippen LogP contribution in [-0.2, 0) is 0 Å². The molecule has 7 rings (SSSR count). The van der Waals surface area contributed by atoms with Gasteiger partial charge in [0.15, 0.2) is 0 Å². The zero-order valence-electron chi connectivity index (χ0n) is 25.7. The number of benzene rings is 7. The maximum atomic E-state index is 10.2. The molecule has 0 saturated heterocycles. The Labute approximate surface area is 270 Å². The first-order valence-corrected chi connectivity index (χ1v) is 15.5. The summed E-state index contributed by atoms with van der Waals surface area (Å²) in [5.74, 6) is 0.240. The van der Waals surface area contributed by atoms with E-state index >= 15 is 0 Å². The highest BCUT2D eigenvalue weighted by molar-refractivity contribution is 5.81. The number of aromatic hydroxyl groups is 1. The van der Waals surface area contributed by atoms with Gasteiger partial charge in [-0.2, -0.15) is 0 Å². The molecule has 0 bridgehead atoms. The van der Waals surface area contributed by atoms with Crippen molar-refractivity contribution in [2.75, 3.05) is 9.80 Å². The molecule has 222 valence electrons. The number of nitrogens with zero attached hydrogens (tertiary/aromatic N) is 2. The lowest BCUT2D eigenvalue weighted by Crippen LogP contribution is -2.09. The minimum atomic E-state index is 0.240. The van der Waals surface area contributed by atoms with Gasteiger partial charge in [0, 0.05) is 40.2 Å². The molecule has 0 spiro atoms. The van der Waals surface area contributed by atoms with Gasteiger partial charge in [-0.1, -0.05) is 103 Å². The Balaban J connectivity index is 1.13. The summed E-state index contributed by atoms with van der Waals surface area (Å²) in [6.45, 7) is 2.13. The summed E-state index contributed by atoms with van der Waals surface area (Å²) >= 11 is 0. The number of hydrogen-bond acceptors (Lipinski definition) is 3. The number of anilines is 6. The molecule has 0 unspecified atom stereocenters. The summed E-state index contributed by atoms with van der Waals surface area (Å²) in [6.07, 6.45) is 0. The number of rotatable bonds is 8. The Morgan fingerprint density at radius 3 is 1.09 bits per heavy atom. The lowest BCUT2D eigenvalue weighted by molar-refractivity contribution is 0.475. The summed E-state index contributed by atoms with van der Waals surface area (Å²) in [5, 5.41) is 10.2. The van der Waals surface area contributed by atoms with Crippen molar-refractivity contribution in [3.8, 4) is 28.0 Å². The van der Waals surface area contributed by atoms with Gasteiger partial charge < -0.3 is 14.9 Å². The van der Waals surface area contributed by atoms with Gasteiger partial charge in [0.2, 0.25) is 0 Å². The van der Waals surface area contributed by atoms with E-state index in [4.69, 9.17) is 0 Å². The first-order valence-electron chi connectivity index (χ1n) is 15.5. The van der Waals surface area contributed by atoms with Crippen LogP contribution in [0.2, 0.25) is 0 Å². The van der Waals surface area contributed by atoms with Crippen LogP contribution in [0, 0.1) is 6.92 Å². The topological polar surface area (TPSA) is 26.7 Å². The number of phenolic OH excluding ortho intramolecular Hbond substituents is 1. The van der Waals surface area contributed by atoms with Crippen molar-refractivity contribution < 1.29 is 5.11 Å². The fourth-order valence-electron chi connectivity index (χ4n) is 5.91. The summed E-state index contributed by atoms with van der Waals surface area (Å²) in [6, 6.07) is 62.8. The van der Waals surface area contributed by atoms with E-state index in [1.807, 2.05) is 30.3 Å². The number of aryl methyl sites for hydroxylation is 1. The van der Waals surface area contributed by atoms with Crippen LogP contribution in [0.3, 0.4) is 0 Å². The highest BCUT2D eigenvalue weighted by atomic mass is 16.3. The second-order valence-electron chi connectivity index (χ2n) is 11.4. The highest BCUT2D eigenvalue weighted by Gasteiger charge is 2.14. The molecule has 7 aromatic rings. The normalized spacial score (nSPS) is 10.8. The standard InChI is InChI=1S/C43H34N2O/c1-32-10-8-15-41(30-32)44(37-11-4-2-5-12-37)39-26-22-35(23-27-39)33-18-20-34(21-19-33)36-24-28-40(29-25-36)45(38-13-6-3-7-14-38)42-16-9-17-43(46)31-42/h2-31,46H,1H3. The van der Waals surface area contributed by atoms with E-state index < -0.39 is 0 Å². The van der Waals surface area contributed by atoms with Crippen LogP contribution in [0.25, 0.3) is 22.3 Å². The van der Waals surface area contributed by atoms with Crippen LogP contribution >= 0.6 is 0 Å². The lowest BCUT2D eigenvalue weighted by Gasteiger charge is -2.26. The second kappa shape index (κ2) is 12.9. The van der Waals surface area contributed by atoms with Crippen LogP contribution in [-0.4, -0.2) is 5.11 Å². The molecule has 0 aliphatic heterocycles. The van der Waals surface area contributed by atoms with Gasteiger partial charge in [-0.3, -0.25) is 0 Å². The summed E-state index contributed by atoms with van der Waals surface area (Å²) in [7, 11) is 0. The quantitative estimate of drug-likeness (QED) is 0.190. The van der Waals surface area contributed by atoms with E-state index in [0.29, 0.717) is 0 Å². The van der Waals surface area contributed by atoms with Gasteiger partial charge in [0.1, 0.15) is 5.75 Å². The first kappa shape index (κ1) is 28.7. The Kier molecular flexibility index (Phi) is 8.04. The average Bonchev–Trinajstić information content (AvgIpc) is 3.10. The highest BCUT2D eigenvalue weighted by Crippen LogP contribution is 2.38. The molecule has 0 atom stereocenters. The largest absolute Gasteiger partial charge is 0.508 e. The molecule has 0 amide bonds. The van der Waals surface area contributed by atoms with Crippen molar-refractivity contribution >= 4 is 34.1 Å². The molecule has 3 heteroatoms. The maximum absolute atomic E-state index is 10.2. The second-order valence-corrected chi connectivity index (χ2v) is 11.4. The van der Waals surface area contributed by atoms with Crippen LogP contribution < -0.4 is 9.80 Å². The Morgan fingerprint density at radius 1 is 0.326 bits per heavy atom. The van der Waals surface area contributed by atoms with Crippen LogP contribution in [0.15, 0.2) is 182 Å². The third kappa shape index (κ3) is 6.12. The van der Waals surface area contributed by atoms with Crippen molar-refractivity contribution in [2.24, 2.45) is 0 Å². The molecule has 7 aromatic carbocycles. The van der Waals surface area contributed by atoms with E-state index in [0.717, 1.165) is 45.3 Å². The smallest absolute Gasteiger partial charge is 0.117 e. The lowest BCUT2D eigenvalue weighted by atomic mass is 9.99. The molecule has 0 heterocycles. The average molecular weight is 595 g/mol. The van der Waals surface area contributed by atoms with Crippen molar-refractivity contribution in [3.05, 3.63) is 188 Å². The Hall–Kier alpha value is -6.06. The van der Waals surface area contributed by atoms with Crippen molar-refractivity contribution in [2.45, 2.75) is 6.92 Å². The fourth-order valence-corrected chi connectivity index (χ4v) is 5.91. The third-order valence-electron chi connectivity index (χ3n) is 8.18. The van der Waals surface area contributed by atoms with E-state index in [1.54, 1.807) is 12.1 Å². The molecule has 0 aliphatic rings. The number of hydrogen-bond donors (Lipinski definition) is 1. The molecule has 46 heavy (non-hydrogen) atoms. The van der Waals surface area contributed by atoms with E-state index in [1.165, 1.54) is 16.7 Å². The molecule has 1 N–H and O–H groups in total. The maximum Gasteiger partial charge on any atom is 0.117 e. The van der Waals surface area contributed by atoms with Crippen molar-refractivity contribution in [3.63, 3.8) is 0 Å². The third-order valence-corrected chi connectivity index (χ3v) is 8.18. The van der Waals surface area contributed by atoms with E-state index in [-0.39, 0.29) is 5.75 Å². The molecule has 0 aliphatic carbocycles. The van der Waals surface area contributed by atoms with Crippen molar-refractivity contribution in [1.29, 1.82) is 0 Å². The summed E-state index contributed by atoms with van der Waals surface area (Å²) < 4.78 is 0. The summed E-state index contributed by atoms with van der Waals surface area (Å²) in [4.78, 5) is 4.44. The SMILES string of the molecule is Cc1cccc(N(c2ccccc2)c2ccc(-c3ccc(-c4ccc(N(c5ccccc5)c5cccc(O)c5)cc4)cc3)cc2)c1. The van der Waals surface area contributed by atoms with E-state index in [2.05, 4.69) is 156 Å². The molecule has 0 radical (unpaired) electrons. The molecular weight excluding hydrogens is 560 g/mol. The van der Waals surface area contributed by atoms with Crippen LogP contribution in [0.4, 0.5) is 34.1 Å². The number of phenols is 1.